The Bertz CT molecular complexity index is 257. The quantitative estimate of drug-likeness (QED) is 0.837. The standard InChI is InChI=1S/C15H30N2O/c1-3-18-14-7-5-9-17(11-14)12-15(16)8-4-6-13(2)10-15/h13-14H,3-12,16H2,1-2H3. The molecule has 0 bridgehead atoms. The van der Waals surface area contributed by atoms with E-state index in [2.05, 4.69) is 18.7 Å². The first kappa shape index (κ1) is 14.3. The predicted octanol–water partition coefficient (Wildman–Crippen LogP) is 2.39. The minimum absolute atomic E-state index is 0.0613. The zero-order valence-corrected chi connectivity index (χ0v) is 12.2. The number of hydrogen-bond donors (Lipinski definition) is 1. The Balaban J connectivity index is 1.84. The number of hydrogen-bond acceptors (Lipinski definition) is 3. The van der Waals surface area contributed by atoms with E-state index in [1.165, 1.54) is 45.1 Å². The van der Waals surface area contributed by atoms with Crippen LogP contribution in [0, 0.1) is 5.92 Å². The molecule has 3 unspecified atom stereocenters. The first-order chi connectivity index (χ1) is 8.61. The fraction of sp³-hybridized carbons (Fsp3) is 1.00. The summed E-state index contributed by atoms with van der Waals surface area (Å²) in [5, 5.41) is 0. The minimum Gasteiger partial charge on any atom is -0.377 e. The topological polar surface area (TPSA) is 38.5 Å². The lowest BCUT2D eigenvalue weighted by Crippen LogP contribution is -2.55. The average molecular weight is 254 g/mol. The Morgan fingerprint density at radius 2 is 2.17 bits per heavy atom. The Morgan fingerprint density at radius 1 is 1.33 bits per heavy atom. The van der Waals surface area contributed by atoms with Crippen molar-refractivity contribution in [1.82, 2.24) is 4.90 Å². The van der Waals surface area contributed by atoms with Gasteiger partial charge in [-0.05, 0) is 45.1 Å². The fourth-order valence-electron chi connectivity index (χ4n) is 3.82. The molecular formula is C15H30N2O. The van der Waals surface area contributed by atoms with E-state index in [4.69, 9.17) is 10.5 Å². The van der Waals surface area contributed by atoms with Gasteiger partial charge >= 0.3 is 0 Å². The Kier molecular flexibility index (Phi) is 5.05. The number of ether oxygens (including phenoxy) is 1. The van der Waals surface area contributed by atoms with E-state index in [0.29, 0.717) is 6.10 Å². The van der Waals surface area contributed by atoms with Crippen molar-refractivity contribution in [2.24, 2.45) is 11.7 Å². The molecule has 3 nitrogen and oxygen atoms in total. The van der Waals surface area contributed by atoms with Crippen LogP contribution in [-0.2, 0) is 4.74 Å². The third-order valence-electron chi connectivity index (χ3n) is 4.53. The third-order valence-corrected chi connectivity index (χ3v) is 4.53. The number of nitrogens with two attached hydrogens (primary N) is 1. The molecule has 3 heteroatoms. The Hall–Kier alpha value is -0.120. The van der Waals surface area contributed by atoms with Crippen molar-refractivity contribution < 1.29 is 4.74 Å². The molecule has 106 valence electrons. The summed E-state index contributed by atoms with van der Waals surface area (Å²) >= 11 is 0. The molecule has 0 radical (unpaired) electrons. The average Bonchev–Trinajstić information content (AvgIpc) is 2.28. The van der Waals surface area contributed by atoms with Gasteiger partial charge in [-0.2, -0.15) is 0 Å². The number of piperidine rings is 1. The first-order valence-corrected chi connectivity index (χ1v) is 7.74. The van der Waals surface area contributed by atoms with Crippen LogP contribution in [0.4, 0.5) is 0 Å². The summed E-state index contributed by atoms with van der Waals surface area (Å²) in [6.45, 7) is 8.63. The molecule has 1 aliphatic heterocycles. The zero-order chi connectivity index (χ0) is 13.0. The number of rotatable bonds is 4. The molecule has 1 heterocycles. The lowest BCUT2D eigenvalue weighted by molar-refractivity contribution is -0.00329. The van der Waals surface area contributed by atoms with E-state index in [9.17, 15) is 0 Å². The summed E-state index contributed by atoms with van der Waals surface area (Å²) in [6.07, 6.45) is 7.99. The minimum atomic E-state index is 0.0613. The van der Waals surface area contributed by atoms with Crippen molar-refractivity contribution in [2.45, 2.75) is 64.0 Å². The van der Waals surface area contributed by atoms with Gasteiger partial charge in [0.25, 0.3) is 0 Å². The van der Waals surface area contributed by atoms with E-state index in [0.717, 1.165) is 25.6 Å². The highest BCUT2D eigenvalue weighted by Crippen LogP contribution is 2.31. The predicted molar refractivity (Wildman–Crippen MR) is 75.6 cm³/mol. The number of nitrogens with zero attached hydrogens (tertiary/aromatic N) is 1. The highest BCUT2D eigenvalue weighted by molar-refractivity contribution is 4.93. The zero-order valence-electron chi connectivity index (χ0n) is 12.2. The summed E-state index contributed by atoms with van der Waals surface area (Å²) in [4.78, 5) is 2.54. The van der Waals surface area contributed by atoms with Gasteiger partial charge in [0, 0.05) is 25.2 Å². The molecule has 0 spiro atoms. The van der Waals surface area contributed by atoms with Gasteiger partial charge in [0.05, 0.1) is 6.10 Å². The summed E-state index contributed by atoms with van der Waals surface area (Å²) in [7, 11) is 0. The maximum absolute atomic E-state index is 6.62. The lowest BCUT2D eigenvalue weighted by atomic mass is 9.76. The van der Waals surface area contributed by atoms with Crippen LogP contribution >= 0.6 is 0 Å². The van der Waals surface area contributed by atoms with Crippen LogP contribution in [0.2, 0.25) is 0 Å². The number of likely N-dealkylation sites (tertiary alicyclic amines) is 1. The Morgan fingerprint density at radius 3 is 2.89 bits per heavy atom. The van der Waals surface area contributed by atoms with Crippen molar-refractivity contribution in [3.8, 4) is 0 Å². The van der Waals surface area contributed by atoms with Gasteiger partial charge in [0.1, 0.15) is 0 Å². The van der Waals surface area contributed by atoms with E-state index in [-0.39, 0.29) is 5.54 Å². The molecule has 1 saturated heterocycles. The second-order valence-corrected chi connectivity index (χ2v) is 6.52. The van der Waals surface area contributed by atoms with Crippen molar-refractivity contribution in [3.63, 3.8) is 0 Å². The third kappa shape index (κ3) is 3.94. The molecule has 0 aromatic heterocycles. The molecule has 18 heavy (non-hydrogen) atoms. The fourth-order valence-corrected chi connectivity index (χ4v) is 3.82. The first-order valence-electron chi connectivity index (χ1n) is 7.74. The summed E-state index contributed by atoms with van der Waals surface area (Å²) in [5.74, 6) is 0.802. The summed E-state index contributed by atoms with van der Waals surface area (Å²) in [6, 6.07) is 0. The SMILES string of the molecule is CCOC1CCCN(CC2(N)CCCC(C)C2)C1. The molecule has 0 aromatic carbocycles. The van der Waals surface area contributed by atoms with Gasteiger partial charge in [-0.1, -0.05) is 19.8 Å². The normalized spacial score (nSPS) is 38.8. The Labute approximate surface area is 112 Å². The highest BCUT2D eigenvalue weighted by atomic mass is 16.5. The van der Waals surface area contributed by atoms with Gasteiger partial charge in [0.15, 0.2) is 0 Å². The largest absolute Gasteiger partial charge is 0.377 e. The van der Waals surface area contributed by atoms with Gasteiger partial charge in [-0.15, -0.1) is 0 Å². The molecule has 3 atom stereocenters. The van der Waals surface area contributed by atoms with Gasteiger partial charge in [-0.25, -0.2) is 0 Å². The molecule has 1 saturated carbocycles. The van der Waals surface area contributed by atoms with E-state index >= 15 is 0 Å². The molecule has 2 aliphatic rings. The summed E-state index contributed by atoms with van der Waals surface area (Å²) in [5.41, 5.74) is 6.68. The van der Waals surface area contributed by atoms with E-state index in [1.54, 1.807) is 0 Å². The van der Waals surface area contributed by atoms with Crippen molar-refractivity contribution in [1.29, 1.82) is 0 Å². The monoisotopic (exact) mass is 254 g/mol. The molecule has 1 aliphatic carbocycles. The molecule has 2 rings (SSSR count). The molecule has 2 N–H and O–H groups in total. The van der Waals surface area contributed by atoms with Crippen LogP contribution in [0.1, 0.15) is 52.4 Å². The van der Waals surface area contributed by atoms with Gasteiger partial charge < -0.3 is 10.5 Å². The maximum Gasteiger partial charge on any atom is 0.0702 e. The molecule has 0 aromatic rings. The van der Waals surface area contributed by atoms with Crippen molar-refractivity contribution >= 4 is 0 Å². The second-order valence-electron chi connectivity index (χ2n) is 6.52. The van der Waals surface area contributed by atoms with Crippen molar-refractivity contribution in [2.75, 3.05) is 26.2 Å². The van der Waals surface area contributed by atoms with Crippen LogP contribution in [0.15, 0.2) is 0 Å². The van der Waals surface area contributed by atoms with Crippen LogP contribution < -0.4 is 5.73 Å². The molecule has 0 amide bonds. The highest BCUT2D eigenvalue weighted by Gasteiger charge is 2.34. The lowest BCUT2D eigenvalue weighted by Gasteiger charge is -2.42. The van der Waals surface area contributed by atoms with Crippen LogP contribution in [0.3, 0.4) is 0 Å². The van der Waals surface area contributed by atoms with Gasteiger partial charge in [0.2, 0.25) is 0 Å². The smallest absolute Gasteiger partial charge is 0.0702 e. The molecule has 2 fully saturated rings. The van der Waals surface area contributed by atoms with Crippen molar-refractivity contribution in [3.05, 3.63) is 0 Å². The van der Waals surface area contributed by atoms with Crippen LogP contribution in [0.5, 0.6) is 0 Å². The maximum atomic E-state index is 6.62. The molecular weight excluding hydrogens is 224 g/mol. The second kappa shape index (κ2) is 6.36. The van der Waals surface area contributed by atoms with Crippen LogP contribution in [-0.4, -0.2) is 42.8 Å². The van der Waals surface area contributed by atoms with Crippen LogP contribution in [0.25, 0.3) is 0 Å². The van der Waals surface area contributed by atoms with Gasteiger partial charge in [-0.3, -0.25) is 4.90 Å². The summed E-state index contributed by atoms with van der Waals surface area (Å²) < 4.78 is 5.77. The van der Waals surface area contributed by atoms with E-state index in [1.807, 2.05) is 0 Å². The van der Waals surface area contributed by atoms with E-state index < -0.39 is 0 Å².